The molecule has 0 bridgehead atoms. The highest BCUT2D eigenvalue weighted by molar-refractivity contribution is 9.10. The van der Waals surface area contributed by atoms with Gasteiger partial charge in [-0.15, -0.1) is 0 Å². The molecule has 0 saturated carbocycles. The van der Waals surface area contributed by atoms with E-state index in [4.69, 9.17) is 0 Å². The number of benzene rings is 1. The van der Waals surface area contributed by atoms with Crippen LogP contribution in [-0.4, -0.2) is 27.5 Å². The van der Waals surface area contributed by atoms with Gasteiger partial charge in [0.25, 0.3) is 0 Å². The Morgan fingerprint density at radius 3 is 2.50 bits per heavy atom. The molecular weight excluding hydrogens is 290 g/mol. The first kappa shape index (κ1) is 13.7. The second-order valence-electron chi connectivity index (χ2n) is 3.78. The molecule has 0 heterocycles. The summed E-state index contributed by atoms with van der Waals surface area (Å²) < 4.78 is 23.3. The predicted octanol–water partition coefficient (Wildman–Crippen LogP) is 2.14. The summed E-state index contributed by atoms with van der Waals surface area (Å²) >= 11 is 3.47. The van der Waals surface area contributed by atoms with Gasteiger partial charge in [-0.1, -0.05) is 34.1 Å². The lowest BCUT2D eigenvalue weighted by Crippen LogP contribution is -2.20. The van der Waals surface area contributed by atoms with Crippen LogP contribution in [0.5, 0.6) is 0 Å². The molecule has 0 aliphatic heterocycles. The monoisotopic (exact) mass is 305 g/mol. The molecule has 1 aromatic rings. The van der Waals surface area contributed by atoms with Gasteiger partial charge < -0.3 is 5.32 Å². The third-order valence-corrected chi connectivity index (χ3v) is 4.11. The van der Waals surface area contributed by atoms with E-state index in [1.54, 1.807) is 0 Å². The highest BCUT2D eigenvalue weighted by atomic mass is 79.9. The molecule has 0 aromatic heterocycles. The summed E-state index contributed by atoms with van der Waals surface area (Å²) in [5.41, 5.74) is 1.09. The van der Waals surface area contributed by atoms with Crippen LogP contribution in [0.3, 0.4) is 0 Å². The van der Waals surface area contributed by atoms with Crippen LogP contribution < -0.4 is 5.32 Å². The van der Waals surface area contributed by atoms with Gasteiger partial charge in [-0.25, -0.2) is 8.42 Å². The minimum atomic E-state index is -2.91. The molecule has 1 N–H and O–H groups in total. The quantitative estimate of drug-likeness (QED) is 0.906. The predicted molar refractivity (Wildman–Crippen MR) is 70.3 cm³/mol. The van der Waals surface area contributed by atoms with Crippen molar-refractivity contribution in [3.8, 4) is 0 Å². The van der Waals surface area contributed by atoms with Gasteiger partial charge in [-0.2, -0.15) is 0 Å². The average Bonchev–Trinajstić information content (AvgIpc) is 2.20. The van der Waals surface area contributed by atoms with Gasteiger partial charge in [-0.3, -0.25) is 0 Å². The first-order chi connectivity index (χ1) is 7.44. The standard InChI is InChI=1S/C11H16BrNO2S/c1-13-11(7-8-16(2,14)15)9-5-3-4-6-10(9)12/h3-6,11,13H,7-8H2,1-2H3. The Morgan fingerprint density at radius 1 is 1.38 bits per heavy atom. The van der Waals surface area contributed by atoms with Crippen molar-refractivity contribution in [2.75, 3.05) is 19.1 Å². The molecule has 90 valence electrons. The molecule has 0 amide bonds. The van der Waals surface area contributed by atoms with Crippen LogP contribution in [0.4, 0.5) is 0 Å². The molecule has 3 nitrogen and oxygen atoms in total. The average molecular weight is 306 g/mol. The first-order valence-electron chi connectivity index (χ1n) is 5.03. The lowest BCUT2D eigenvalue weighted by molar-refractivity contribution is 0.557. The van der Waals surface area contributed by atoms with Crippen LogP contribution in [0.1, 0.15) is 18.0 Å². The highest BCUT2D eigenvalue weighted by Crippen LogP contribution is 2.25. The van der Waals surface area contributed by atoms with Crippen molar-refractivity contribution in [2.24, 2.45) is 0 Å². The fourth-order valence-electron chi connectivity index (χ4n) is 1.54. The van der Waals surface area contributed by atoms with E-state index in [0.717, 1.165) is 10.0 Å². The molecular formula is C11H16BrNO2S. The Balaban J connectivity index is 2.79. The van der Waals surface area contributed by atoms with Crippen LogP contribution in [-0.2, 0) is 9.84 Å². The number of rotatable bonds is 5. The molecule has 1 unspecified atom stereocenters. The van der Waals surface area contributed by atoms with Crippen LogP contribution in [0.15, 0.2) is 28.7 Å². The van der Waals surface area contributed by atoms with Crippen molar-refractivity contribution < 1.29 is 8.42 Å². The van der Waals surface area contributed by atoms with E-state index in [2.05, 4.69) is 21.2 Å². The second kappa shape index (κ2) is 5.80. The molecule has 16 heavy (non-hydrogen) atoms. The highest BCUT2D eigenvalue weighted by Gasteiger charge is 2.14. The normalized spacial score (nSPS) is 13.7. The smallest absolute Gasteiger partial charge is 0.147 e. The second-order valence-corrected chi connectivity index (χ2v) is 6.90. The van der Waals surface area contributed by atoms with Gasteiger partial charge >= 0.3 is 0 Å². The minimum Gasteiger partial charge on any atom is -0.313 e. The number of hydrogen-bond donors (Lipinski definition) is 1. The molecule has 1 aromatic carbocycles. The Morgan fingerprint density at radius 2 is 2.00 bits per heavy atom. The summed E-state index contributed by atoms with van der Waals surface area (Å²) in [6.07, 6.45) is 1.84. The van der Waals surface area contributed by atoms with Crippen LogP contribution >= 0.6 is 15.9 Å². The Hall–Kier alpha value is -0.390. The maximum atomic E-state index is 11.1. The Kier molecular flexibility index (Phi) is 4.95. The molecule has 0 saturated heterocycles. The summed E-state index contributed by atoms with van der Waals surface area (Å²) in [5, 5.41) is 3.14. The topological polar surface area (TPSA) is 46.2 Å². The van der Waals surface area contributed by atoms with E-state index in [1.165, 1.54) is 6.26 Å². The summed E-state index contributed by atoms with van der Waals surface area (Å²) in [5.74, 6) is 0.194. The molecule has 0 radical (unpaired) electrons. The van der Waals surface area contributed by atoms with Crippen molar-refractivity contribution in [3.05, 3.63) is 34.3 Å². The van der Waals surface area contributed by atoms with Crippen molar-refractivity contribution in [1.29, 1.82) is 0 Å². The van der Waals surface area contributed by atoms with Crippen molar-refractivity contribution in [2.45, 2.75) is 12.5 Å². The zero-order valence-corrected chi connectivity index (χ0v) is 11.8. The van der Waals surface area contributed by atoms with Gasteiger partial charge in [0.1, 0.15) is 9.84 Å². The molecule has 1 rings (SSSR count). The maximum Gasteiger partial charge on any atom is 0.147 e. The zero-order valence-electron chi connectivity index (χ0n) is 9.40. The summed E-state index contributed by atoms with van der Waals surface area (Å²) in [7, 11) is -1.07. The minimum absolute atomic E-state index is 0.0605. The van der Waals surface area contributed by atoms with E-state index in [-0.39, 0.29) is 11.8 Å². The molecule has 0 fully saturated rings. The number of sulfone groups is 1. The van der Waals surface area contributed by atoms with Crippen molar-refractivity contribution in [1.82, 2.24) is 5.32 Å². The Labute approximate surface area is 105 Å². The summed E-state index contributed by atoms with van der Waals surface area (Å²) in [6, 6.07) is 7.90. The van der Waals surface area contributed by atoms with Gasteiger partial charge in [0.05, 0.1) is 5.75 Å². The third-order valence-electron chi connectivity index (χ3n) is 2.41. The van der Waals surface area contributed by atoms with E-state index in [1.807, 2.05) is 31.3 Å². The summed E-state index contributed by atoms with van der Waals surface area (Å²) in [6.45, 7) is 0. The van der Waals surface area contributed by atoms with Crippen LogP contribution in [0.25, 0.3) is 0 Å². The number of nitrogens with one attached hydrogen (secondary N) is 1. The fourth-order valence-corrected chi connectivity index (χ4v) is 2.77. The van der Waals surface area contributed by atoms with E-state index >= 15 is 0 Å². The summed E-state index contributed by atoms with van der Waals surface area (Å²) in [4.78, 5) is 0. The van der Waals surface area contributed by atoms with Crippen LogP contribution in [0.2, 0.25) is 0 Å². The SMILES string of the molecule is CNC(CCS(C)(=O)=O)c1ccccc1Br. The molecule has 0 spiro atoms. The molecule has 0 aliphatic rings. The zero-order chi connectivity index (χ0) is 12.2. The molecule has 5 heteroatoms. The van der Waals surface area contributed by atoms with Gasteiger partial charge in [0.15, 0.2) is 0 Å². The Bertz CT molecular complexity index is 445. The third kappa shape index (κ3) is 4.23. The first-order valence-corrected chi connectivity index (χ1v) is 7.89. The van der Waals surface area contributed by atoms with E-state index in [0.29, 0.717) is 6.42 Å². The largest absolute Gasteiger partial charge is 0.313 e. The molecule has 0 aliphatic carbocycles. The van der Waals surface area contributed by atoms with Gasteiger partial charge in [0.2, 0.25) is 0 Å². The van der Waals surface area contributed by atoms with E-state index in [9.17, 15) is 8.42 Å². The molecule has 1 atom stereocenters. The fraction of sp³-hybridized carbons (Fsp3) is 0.455. The maximum absolute atomic E-state index is 11.1. The number of hydrogen-bond acceptors (Lipinski definition) is 3. The van der Waals surface area contributed by atoms with Crippen molar-refractivity contribution in [3.63, 3.8) is 0 Å². The van der Waals surface area contributed by atoms with E-state index < -0.39 is 9.84 Å². The number of halogens is 1. The van der Waals surface area contributed by atoms with Crippen molar-refractivity contribution >= 4 is 25.8 Å². The van der Waals surface area contributed by atoms with Gasteiger partial charge in [-0.05, 0) is 25.1 Å². The van der Waals surface area contributed by atoms with Crippen LogP contribution in [0, 0.1) is 0 Å². The lowest BCUT2D eigenvalue weighted by Gasteiger charge is -2.17. The van der Waals surface area contributed by atoms with Gasteiger partial charge in [0, 0.05) is 16.8 Å². The lowest BCUT2D eigenvalue weighted by atomic mass is 10.1.